The molecule has 0 radical (unpaired) electrons. The number of piperazine rings is 1. The van der Waals surface area contributed by atoms with Gasteiger partial charge in [-0.1, -0.05) is 12.1 Å². The molecule has 0 spiro atoms. The number of rotatable bonds is 4. The number of aromatic nitrogens is 3. The standard InChI is InChI=1S/C20H22FN7.HI/c21-17-4-6-18(7-5-17)26-8-10-27(11-9-26)20(22)24-13-16-2-1-3-19(12-16)28-15-23-14-25-28;/h1-7,12,14-15H,8-11,13H2,(H2,22,24);1H. The molecule has 1 aliphatic rings. The SMILES string of the molecule is I.NC(=NCc1cccc(-n2cncn2)c1)N1CCN(c2ccc(F)cc2)CC1. The summed E-state index contributed by atoms with van der Waals surface area (Å²) < 4.78 is 14.8. The minimum Gasteiger partial charge on any atom is -0.370 e. The number of benzene rings is 2. The maximum Gasteiger partial charge on any atom is 0.191 e. The topological polar surface area (TPSA) is 75.6 Å². The Bertz CT molecular complexity index is 936. The summed E-state index contributed by atoms with van der Waals surface area (Å²) in [5, 5.41) is 4.14. The van der Waals surface area contributed by atoms with E-state index in [0.29, 0.717) is 12.5 Å². The van der Waals surface area contributed by atoms with Gasteiger partial charge in [0.15, 0.2) is 5.96 Å². The van der Waals surface area contributed by atoms with Gasteiger partial charge in [-0.3, -0.25) is 0 Å². The molecule has 0 unspecified atom stereocenters. The van der Waals surface area contributed by atoms with Gasteiger partial charge in [0.1, 0.15) is 18.5 Å². The van der Waals surface area contributed by atoms with E-state index in [0.717, 1.165) is 43.1 Å². The van der Waals surface area contributed by atoms with Crippen molar-refractivity contribution in [1.29, 1.82) is 0 Å². The first-order chi connectivity index (χ1) is 13.7. The zero-order valence-corrected chi connectivity index (χ0v) is 18.2. The van der Waals surface area contributed by atoms with E-state index in [1.807, 2.05) is 36.4 Å². The van der Waals surface area contributed by atoms with Crippen LogP contribution in [0.1, 0.15) is 5.56 Å². The minimum atomic E-state index is -0.216. The van der Waals surface area contributed by atoms with Gasteiger partial charge in [-0.25, -0.2) is 19.0 Å². The lowest BCUT2D eigenvalue weighted by Gasteiger charge is -2.36. The third-order valence-corrected chi connectivity index (χ3v) is 4.81. The average Bonchev–Trinajstić information content (AvgIpc) is 3.28. The minimum absolute atomic E-state index is 0. The largest absolute Gasteiger partial charge is 0.370 e. The lowest BCUT2D eigenvalue weighted by atomic mass is 10.2. The van der Waals surface area contributed by atoms with Gasteiger partial charge in [0.2, 0.25) is 0 Å². The van der Waals surface area contributed by atoms with E-state index in [1.54, 1.807) is 11.0 Å². The Morgan fingerprint density at radius 3 is 2.48 bits per heavy atom. The Balaban J connectivity index is 0.00000240. The van der Waals surface area contributed by atoms with Crippen molar-refractivity contribution in [2.24, 2.45) is 10.7 Å². The van der Waals surface area contributed by atoms with Crippen molar-refractivity contribution in [2.45, 2.75) is 6.54 Å². The third-order valence-electron chi connectivity index (χ3n) is 4.81. The van der Waals surface area contributed by atoms with E-state index in [2.05, 4.69) is 24.9 Å². The monoisotopic (exact) mass is 507 g/mol. The van der Waals surface area contributed by atoms with Gasteiger partial charge in [-0.05, 0) is 42.0 Å². The maximum absolute atomic E-state index is 13.1. The van der Waals surface area contributed by atoms with Crippen molar-refractivity contribution in [3.8, 4) is 5.69 Å². The van der Waals surface area contributed by atoms with Crippen LogP contribution >= 0.6 is 24.0 Å². The molecule has 0 amide bonds. The Morgan fingerprint density at radius 1 is 1.03 bits per heavy atom. The van der Waals surface area contributed by atoms with E-state index in [4.69, 9.17) is 5.73 Å². The van der Waals surface area contributed by atoms with Gasteiger partial charge in [0, 0.05) is 31.9 Å². The molecule has 0 bridgehead atoms. The van der Waals surface area contributed by atoms with E-state index in [-0.39, 0.29) is 29.8 Å². The molecule has 29 heavy (non-hydrogen) atoms. The first kappa shape index (κ1) is 21.0. The highest BCUT2D eigenvalue weighted by molar-refractivity contribution is 14.0. The normalized spacial score (nSPS) is 14.6. The summed E-state index contributed by atoms with van der Waals surface area (Å²) in [6, 6.07) is 14.6. The van der Waals surface area contributed by atoms with E-state index in [9.17, 15) is 4.39 Å². The van der Waals surface area contributed by atoms with Crippen molar-refractivity contribution in [3.05, 3.63) is 72.6 Å². The molecule has 1 aliphatic heterocycles. The highest BCUT2D eigenvalue weighted by Crippen LogP contribution is 2.17. The smallest absolute Gasteiger partial charge is 0.191 e. The maximum atomic E-state index is 13.1. The molecule has 3 aromatic rings. The molecule has 2 heterocycles. The van der Waals surface area contributed by atoms with Crippen molar-refractivity contribution in [1.82, 2.24) is 19.7 Å². The molecule has 0 atom stereocenters. The predicted molar refractivity (Wildman–Crippen MR) is 122 cm³/mol. The first-order valence-electron chi connectivity index (χ1n) is 9.18. The second kappa shape index (κ2) is 9.68. The molecule has 9 heteroatoms. The van der Waals surface area contributed by atoms with Crippen molar-refractivity contribution >= 4 is 35.6 Å². The molecular weight excluding hydrogens is 484 g/mol. The van der Waals surface area contributed by atoms with Crippen molar-refractivity contribution in [3.63, 3.8) is 0 Å². The Hall–Kier alpha value is -2.69. The Labute approximate surface area is 186 Å². The molecule has 2 aromatic carbocycles. The van der Waals surface area contributed by atoms with E-state index < -0.39 is 0 Å². The van der Waals surface area contributed by atoms with Gasteiger partial charge in [-0.15, -0.1) is 24.0 Å². The van der Waals surface area contributed by atoms with Gasteiger partial charge in [-0.2, -0.15) is 5.10 Å². The summed E-state index contributed by atoms with van der Waals surface area (Å²) in [6.45, 7) is 3.72. The van der Waals surface area contributed by atoms with Gasteiger partial charge in [0.25, 0.3) is 0 Å². The highest BCUT2D eigenvalue weighted by atomic mass is 127. The van der Waals surface area contributed by atoms with Crippen LogP contribution in [0.15, 0.2) is 66.2 Å². The second-order valence-electron chi connectivity index (χ2n) is 6.63. The quantitative estimate of drug-likeness (QED) is 0.334. The summed E-state index contributed by atoms with van der Waals surface area (Å²) in [7, 11) is 0. The summed E-state index contributed by atoms with van der Waals surface area (Å²) in [4.78, 5) is 12.8. The molecule has 1 fully saturated rings. The van der Waals surface area contributed by atoms with Crippen LogP contribution in [0.25, 0.3) is 5.69 Å². The molecule has 1 saturated heterocycles. The molecule has 152 valence electrons. The number of hydrogen-bond donors (Lipinski definition) is 1. The number of halogens is 2. The highest BCUT2D eigenvalue weighted by Gasteiger charge is 2.18. The molecule has 7 nitrogen and oxygen atoms in total. The van der Waals surface area contributed by atoms with Crippen LogP contribution in [0.3, 0.4) is 0 Å². The van der Waals surface area contributed by atoms with Gasteiger partial charge in [0.05, 0.1) is 12.2 Å². The van der Waals surface area contributed by atoms with Crippen LogP contribution in [0.5, 0.6) is 0 Å². The summed E-state index contributed by atoms with van der Waals surface area (Å²) in [6.07, 6.45) is 3.17. The zero-order valence-electron chi connectivity index (χ0n) is 15.9. The number of nitrogens with two attached hydrogens (primary N) is 1. The fourth-order valence-electron chi connectivity index (χ4n) is 3.26. The van der Waals surface area contributed by atoms with Crippen LogP contribution in [-0.2, 0) is 6.54 Å². The Kier molecular flexibility index (Phi) is 7.02. The fraction of sp³-hybridized carbons (Fsp3) is 0.250. The first-order valence-corrected chi connectivity index (χ1v) is 9.18. The van der Waals surface area contributed by atoms with Crippen molar-refractivity contribution in [2.75, 3.05) is 31.1 Å². The number of guanidine groups is 1. The molecular formula is C20H23FIN7. The number of aliphatic imine (C=N–C) groups is 1. The van der Waals surface area contributed by atoms with Gasteiger partial charge >= 0.3 is 0 Å². The van der Waals surface area contributed by atoms with Crippen molar-refractivity contribution < 1.29 is 4.39 Å². The molecule has 2 N–H and O–H groups in total. The number of nitrogens with zero attached hydrogens (tertiary/aromatic N) is 6. The molecule has 0 saturated carbocycles. The zero-order chi connectivity index (χ0) is 19.3. The number of anilines is 1. The van der Waals surface area contributed by atoms with Gasteiger partial charge < -0.3 is 15.5 Å². The Morgan fingerprint density at radius 2 is 1.79 bits per heavy atom. The lowest BCUT2D eigenvalue weighted by molar-refractivity contribution is 0.380. The average molecular weight is 507 g/mol. The van der Waals surface area contributed by atoms with Crippen LogP contribution in [0.2, 0.25) is 0 Å². The molecule has 4 rings (SSSR count). The van der Waals surface area contributed by atoms with Crippen LogP contribution in [0, 0.1) is 5.82 Å². The fourth-order valence-corrected chi connectivity index (χ4v) is 3.26. The lowest BCUT2D eigenvalue weighted by Crippen LogP contribution is -2.51. The van der Waals surface area contributed by atoms with E-state index >= 15 is 0 Å². The van der Waals surface area contributed by atoms with E-state index in [1.165, 1.54) is 18.5 Å². The summed E-state index contributed by atoms with van der Waals surface area (Å²) in [5.74, 6) is 0.330. The molecule has 1 aromatic heterocycles. The third kappa shape index (κ3) is 5.22. The second-order valence-corrected chi connectivity index (χ2v) is 6.63. The predicted octanol–water partition coefficient (Wildman–Crippen LogP) is 2.66. The molecule has 0 aliphatic carbocycles. The van der Waals surface area contributed by atoms with Crippen LogP contribution < -0.4 is 10.6 Å². The summed E-state index contributed by atoms with van der Waals surface area (Å²) >= 11 is 0. The number of hydrogen-bond acceptors (Lipinski definition) is 4. The van der Waals surface area contributed by atoms with Crippen LogP contribution in [-0.4, -0.2) is 51.8 Å². The summed E-state index contributed by atoms with van der Waals surface area (Å²) in [5.41, 5.74) is 9.24. The van der Waals surface area contributed by atoms with Crippen LogP contribution in [0.4, 0.5) is 10.1 Å².